The molecule has 1 aliphatic heterocycles. The van der Waals surface area contributed by atoms with E-state index >= 15 is 0 Å². The first kappa shape index (κ1) is 16.7. The highest BCUT2D eigenvalue weighted by Gasteiger charge is 2.37. The van der Waals surface area contributed by atoms with Gasteiger partial charge in [0.25, 0.3) is 0 Å². The van der Waals surface area contributed by atoms with E-state index in [9.17, 15) is 0 Å². The summed E-state index contributed by atoms with van der Waals surface area (Å²) in [4.78, 5) is 9.59. The lowest BCUT2D eigenvalue weighted by molar-refractivity contribution is 0.00910. The Morgan fingerprint density at radius 1 is 1.33 bits per heavy atom. The van der Waals surface area contributed by atoms with Crippen LogP contribution < -0.4 is 5.32 Å². The number of anilines is 1. The molecule has 1 fully saturated rings. The van der Waals surface area contributed by atoms with Gasteiger partial charge in [-0.25, -0.2) is 9.97 Å². The Hall–Kier alpha value is -0.680. The Balaban J connectivity index is 2.50. The number of hydrogen-bond acceptors (Lipinski definition) is 4. The molecule has 0 saturated carbocycles. The van der Waals surface area contributed by atoms with E-state index in [1.807, 2.05) is 0 Å². The van der Waals surface area contributed by atoms with Crippen molar-refractivity contribution in [2.75, 3.05) is 18.5 Å². The highest BCUT2D eigenvalue weighted by atomic mass is 79.9. The van der Waals surface area contributed by atoms with Crippen LogP contribution in [-0.4, -0.2) is 23.1 Å². The molecule has 118 valence electrons. The predicted octanol–water partition coefficient (Wildman–Crippen LogP) is 4.38. The number of halogens is 1. The summed E-state index contributed by atoms with van der Waals surface area (Å²) in [5.41, 5.74) is 0.625. The van der Waals surface area contributed by atoms with Crippen molar-refractivity contribution in [3.05, 3.63) is 16.0 Å². The summed E-state index contributed by atoms with van der Waals surface area (Å²) in [6.07, 6.45) is 3.11. The zero-order valence-corrected chi connectivity index (χ0v) is 15.3. The molecule has 21 heavy (non-hydrogen) atoms. The van der Waals surface area contributed by atoms with Gasteiger partial charge >= 0.3 is 0 Å². The average Bonchev–Trinajstić information content (AvgIpc) is 2.84. The molecule has 1 saturated heterocycles. The van der Waals surface area contributed by atoms with Crippen LogP contribution in [-0.2, 0) is 15.8 Å². The first-order chi connectivity index (χ1) is 9.78. The molecule has 0 aliphatic carbocycles. The molecule has 1 aliphatic rings. The number of rotatable bonds is 4. The molecular formula is C16H26BrN3O. The fraction of sp³-hybridized carbons (Fsp3) is 0.750. The molecule has 1 N–H and O–H groups in total. The maximum Gasteiger partial charge on any atom is 0.162 e. The van der Waals surface area contributed by atoms with E-state index in [1.165, 1.54) is 0 Å². The third-order valence-corrected chi connectivity index (χ3v) is 4.55. The van der Waals surface area contributed by atoms with Crippen molar-refractivity contribution in [3.63, 3.8) is 0 Å². The summed E-state index contributed by atoms with van der Waals surface area (Å²) in [5.74, 6) is 1.68. The second-order valence-corrected chi connectivity index (χ2v) is 7.71. The van der Waals surface area contributed by atoms with Crippen LogP contribution in [0, 0.1) is 0 Å². The summed E-state index contributed by atoms with van der Waals surface area (Å²) >= 11 is 3.68. The van der Waals surface area contributed by atoms with Gasteiger partial charge in [-0.15, -0.1) is 0 Å². The van der Waals surface area contributed by atoms with Crippen molar-refractivity contribution >= 4 is 21.7 Å². The molecular weight excluding hydrogens is 330 g/mol. The minimum absolute atomic E-state index is 0.0475. The molecule has 1 atom stereocenters. The van der Waals surface area contributed by atoms with Crippen LogP contribution in [0.5, 0.6) is 0 Å². The van der Waals surface area contributed by atoms with E-state index in [0.717, 1.165) is 54.2 Å². The van der Waals surface area contributed by atoms with Crippen molar-refractivity contribution in [2.24, 2.45) is 0 Å². The van der Waals surface area contributed by atoms with Gasteiger partial charge in [0.05, 0.1) is 10.2 Å². The van der Waals surface area contributed by atoms with Crippen LogP contribution in [0.4, 0.5) is 5.82 Å². The molecule has 2 rings (SSSR count). The Morgan fingerprint density at radius 3 is 2.57 bits per heavy atom. The number of nitrogens with one attached hydrogen (secondary N) is 1. The lowest BCUT2D eigenvalue weighted by atomic mass is 9.91. The molecule has 4 nitrogen and oxygen atoms in total. The van der Waals surface area contributed by atoms with Crippen molar-refractivity contribution in [1.82, 2.24) is 9.97 Å². The van der Waals surface area contributed by atoms with Gasteiger partial charge < -0.3 is 10.1 Å². The number of ether oxygens (including phenoxy) is 1. The van der Waals surface area contributed by atoms with E-state index in [2.05, 4.69) is 55.9 Å². The largest absolute Gasteiger partial charge is 0.369 e. The monoisotopic (exact) mass is 355 g/mol. The van der Waals surface area contributed by atoms with Gasteiger partial charge in [-0.2, -0.15) is 0 Å². The van der Waals surface area contributed by atoms with E-state index in [0.29, 0.717) is 0 Å². The number of aromatic nitrogens is 2. The van der Waals surface area contributed by atoms with Gasteiger partial charge in [0, 0.05) is 18.6 Å². The summed E-state index contributed by atoms with van der Waals surface area (Å²) < 4.78 is 6.89. The molecule has 1 aromatic heterocycles. The Kier molecular flexibility index (Phi) is 4.93. The highest BCUT2D eigenvalue weighted by Crippen LogP contribution is 2.38. The predicted molar refractivity (Wildman–Crippen MR) is 89.8 cm³/mol. The fourth-order valence-corrected chi connectivity index (χ4v) is 3.41. The summed E-state index contributed by atoms with van der Waals surface area (Å²) in [5, 5.41) is 3.40. The van der Waals surface area contributed by atoms with Crippen LogP contribution in [0.25, 0.3) is 0 Å². The van der Waals surface area contributed by atoms with E-state index in [4.69, 9.17) is 14.7 Å². The average molecular weight is 356 g/mol. The highest BCUT2D eigenvalue weighted by molar-refractivity contribution is 9.10. The van der Waals surface area contributed by atoms with Gasteiger partial charge in [0.2, 0.25) is 0 Å². The van der Waals surface area contributed by atoms with Crippen molar-refractivity contribution in [2.45, 2.75) is 64.9 Å². The van der Waals surface area contributed by atoms with Gasteiger partial charge in [0.15, 0.2) is 5.82 Å². The molecule has 0 aromatic carbocycles. The molecule has 0 bridgehead atoms. The first-order valence-corrected chi connectivity index (χ1v) is 8.53. The molecule has 0 spiro atoms. The third-order valence-electron chi connectivity index (χ3n) is 3.80. The van der Waals surface area contributed by atoms with Crippen LogP contribution in [0.3, 0.4) is 0 Å². The van der Waals surface area contributed by atoms with Crippen molar-refractivity contribution in [3.8, 4) is 0 Å². The second kappa shape index (κ2) is 6.21. The Morgan fingerprint density at radius 2 is 2.05 bits per heavy atom. The Bertz CT molecular complexity index is 505. The fourth-order valence-electron chi connectivity index (χ4n) is 2.50. The quantitative estimate of drug-likeness (QED) is 0.870. The summed E-state index contributed by atoms with van der Waals surface area (Å²) in [6.45, 7) is 12.4. The number of nitrogens with zero attached hydrogens (tertiary/aromatic N) is 2. The normalized spacial score (nSPS) is 22.6. The molecule has 2 heterocycles. The lowest BCUT2D eigenvalue weighted by Gasteiger charge is -2.27. The van der Waals surface area contributed by atoms with E-state index < -0.39 is 0 Å². The van der Waals surface area contributed by atoms with Crippen LogP contribution in [0.15, 0.2) is 4.47 Å². The van der Waals surface area contributed by atoms with E-state index in [1.54, 1.807) is 0 Å². The lowest BCUT2D eigenvalue weighted by Crippen LogP contribution is -2.27. The van der Waals surface area contributed by atoms with Crippen LogP contribution >= 0.6 is 15.9 Å². The topological polar surface area (TPSA) is 47.0 Å². The molecule has 1 unspecified atom stereocenters. The molecule has 1 aromatic rings. The molecule has 0 radical (unpaired) electrons. The minimum Gasteiger partial charge on any atom is -0.369 e. The first-order valence-electron chi connectivity index (χ1n) is 7.74. The Labute approximate surface area is 136 Å². The van der Waals surface area contributed by atoms with E-state index in [-0.39, 0.29) is 11.0 Å². The second-order valence-electron chi connectivity index (χ2n) is 6.92. The zero-order valence-electron chi connectivity index (χ0n) is 13.7. The van der Waals surface area contributed by atoms with Crippen molar-refractivity contribution < 1.29 is 4.74 Å². The molecule has 5 heteroatoms. The maximum absolute atomic E-state index is 5.93. The van der Waals surface area contributed by atoms with Gasteiger partial charge in [-0.1, -0.05) is 27.7 Å². The molecule has 0 amide bonds. The minimum atomic E-state index is -0.358. The zero-order chi connectivity index (χ0) is 15.7. The van der Waals surface area contributed by atoms with Gasteiger partial charge in [-0.05, 0) is 42.1 Å². The van der Waals surface area contributed by atoms with Gasteiger partial charge in [-0.3, -0.25) is 0 Å². The maximum atomic E-state index is 5.93. The smallest absolute Gasteiger partial charge is 0.162 e. The summed E-state index contributed by atoms with van der Waals surface area (Å²) in [6, 6.07) is 0. The van der Waals surface area contributed by atoms with Crippen LogP contribution in [0.1, 0.15) is 65.4 Å². The SMILES string of the molecule is CCCNc1nc(C2(C)CCCO2)nc(C(C)(C)C)c1Br. The number of hydrogen-bond donors (Lipinski definition) is 1. The standard InChI is InChI=1S/C16H26BrN3O/c1-6-9-18-13-11(17)12(15(2,3)4)19-14(20-13)16(5)8-7-10-21-16/h6-10H2,1-5H3,(H,18,19,20). The third kappa shape index (κ3) is 3.57. The van der Waals surface area contributed by atoms with Gasteiger partial charge in [0.1, 0.15) is 11.4 Å². The summed E-state index contributed by atoms with van der Waals surface area (Å²) in [7, 11) is 0. The van der Waals surface area contributed by atoms with Crippen molar-refractivity contribution in [1.29, 1.82) is 0 Å². The van der Waals surface area contributed by atoms with Crippen LogP contribution in [0.2, 0.25) is 0 Å².